The molecule has 24 heavy (non-hydrogen) atoms. The quantitative estimate of drug-likeness (QED) is 0.306. The molecule has 9 nitrogen and oxygen atoms in total. The summed E-state index contributed by atoms with van der Waals surface area (Å²) >= 11 is 5.08. The van der Waals surface area contributed by atoms with Gasteiger partial charge in [0.2, 0.25) is 0 Å². The van der Waals surface area contributed by atoms with Crippen molar-refractivity contribution in [2.24, 2.45) is 5.10 Å². The van der Waals surface area contributed by atoms with E-state index in [0.717, 1.165) is 0 Å². The van der Waals surface area contributed by atoms with Crippen molar-refractivity contribution in [1.29, 1.82) is 0 Å². The van der Waals surface area contributed by atoms with E-state index in [2.05, 4.69) is 35.3 Å². The Hall–Kier alpha value is -2.62. The Bertz CT molecular complexity index is 608. The minimum Gasteiger partial charge on any atom is -0.469 e. The maximum absolute atomic E-state index is 11.7. The maximum atomic E-state index is 11.7. The third-order valence-corrected chi connectivity index (χ3v) is 3.12. The number of carbonyl (C=O) groups excluding carboxylic acids is 2. The monoisotopic (exact) mass is 353 g/mol. The lowest BCUT2D eigenvalue weighted by atomic mass is 10.1. The van der Waals surface area contributed by atoms with Crippen LogP contribution in [0.2, 0.25) is 0 Å². The molecule has 0 saturated heterocycles. The summed E-state index contributed by atoms with van der Waals surface area (Å²) in [5.41, 5.74) is 3.76. The van der Waals surface area contributed by atoms with Gasteiger partial charge in [0.15, 0.2) is 5.11 Å². The Morgan fingerprint density at radius 3 is 2.67 bits per heavy atom. The van der Waals surface area contributed by atoms with E-state index in [0.29, 0.717) is 11.4 Å². The van der Waals surface area contributed by atoms with Gasteiger partial charge in [-0.3, -0.25) is 20.2 Å². The number of ether oxygens (including phenoxy) is 2. The first-order valence-electron chi connectivity index (χ1n) is 6.99. The molecule has 0 amide bonds. The lowest BCUT2D eigenvalue weighted by molar-refractivity contribution is -0.144. The molecule has 0 spiro atoms. The first kappa shape index (κ1) is 19.4. The van der Waals surface area contributed by atoms with Crippen LogP contribution in [0, 0.1) is 0 Å². The summed E-state index contributed by atoms with van der Waals surface area (Å²) in [6.45, 7) is 1.73. The highest BCUT2D eigenvalue weighted by atomic mass is 32.1. The first-order valence-corrected chi connectivity index (χ1v) is 7.40. The van der Waals surface area contributed by atoms with Gasteiger partial charge in [-0.15, -0.1) is 0 Å². The number of hydrogen-bond donors (Lipinski definition) is 2. The molecule has 0 radical (unpaired) electrons. The molecule has 1 rings (SSSR count). The highest BCUT2D eigenvalue weighted by Crippen LogP contribution is 2.01. The molecule has 2 N–H and O–H groups in total. The van der Waals surface area contributed by atoms with Gasteiger partial charge in [0.25, 0.3) is 0 Å². The van der Waals surface area contributed by atoms with Crippen LogP contribution in [0.5, 0.6) is 0 Å². The smallest absolute Gasteiger partial charge is 0.328 e. The van der Waals surface area contributed by atoms with Gasteiger partial charge in [0, 0.05) is 18.8 Å². The summed E-state index contributed by atoms with van der Waals surface area (Å²) in [5, 5.41) is 6.92. The number of carbonyl (C=O) groups is 2. The van der Waals surface area contributed by atoms with E-state index >= 15 is 0 Å². The van der Waals surface area contributed by atoms with E-state index in [1.54, 1.807) is 25.5 Å². The number of hydrogen-bond acceptors (Lipinski definition) is 8. The molecule has 0 fully saturated rings. The van der Waals surface area contributed by atoms with Gasteiger partial charge in [0.05, 0.1) is 26.1 Å². The Kier molecular flexibility index (Phi) is 8.26. The predicted molar refractivity (Wildman–Crippen MR) is 90.2 cm³/mol. The molecule has 0 aliphatic rings. The Morgan fingerprint density at radius 2 is 2.08 bits per heavy atom. The van der Waals surface area contributed by atoms with Crippen molar-refractivity contribution in [1.82, 2.24) is 20.7 Å². The largest absolute Gasteiger partial charge is 0.469 e. The molecule has 0 bridgehead atoms. The van der Waals surface area contributed by atoms with Gasteiger partial charge in [-0.1, -0.05) is 0 Å². The standard InChI is InChI=1S/C14H19N5O4S/c1-9(11-8-15-6-7-16-11)18-19-14(24)17-10(13(21)23-3)4-5-12(20)22-2/h6-8,10H,4-5H2,1-3H3,(H2,17,19,24)/b18-9+. The molecular formula is C14H19N5O4S. The van der Waals surface area contributed by atoms with E-state index in [4.69, 9.17) is 12.2 Å². The number of rotatable bonds is 7. The fourth-order valence-corrected chi connectivity index (χ4v) is 1.81. The van der Waals surface area contributed by atoms with Crippen molar-refractivity contribution < 1.29 is 19.1 Å². The van der Waals surface area contributed by atoms with Gasteiger partial charge in [-0.2, -0.15) is 5.10 Å². The lowest BCUT2D eigenvalue weighted by Gasteiger charge is -2.17. The summed E-state index contributed by atoms with van der Waals surface area (Å²) < 4.78 is 9.22. The summed E-state index contributed by atoms with van der Waals surface area (Å²) in [5.74, 6) is -0.973. The van der Waals surface area contributed by atoms with Crippen LogP contribution in [0.4, 0.5) is 0 Å². The SMILES string of the molecule is COC(=O)CCC(NC(=S)N/N=C(\C)c1cnccn1)C(=O)OC. The molecular weight excluding hydrogens is 334 g/mol. The van der Waals surface area contributed by atoms with Crippen LogP contribution in [0.3, 0.4) is 0 Å². The molecule has 0 aromatic carbocycles. The lowest BCUT2D eigenvalue weighted by Crippen LogP contribution is -2.45. The third-order valence-electron chi connectivity index (χ3n) is 2.91. The highest BCUT2D eigenvalue weighted by molar-refractivity contribution is 7.80. The van der Waals surface area contributed by atoms with Crippen LogP contribution in [-0.2, 0) is 19.1 Å². The Balaban J connectivity index is 2.61. The minimum atomic E-state index is -0.791. The number of nitrogens with one attached hydrogen (secondary N) is 2. The fourth-order valence-electron chi connectivity index (χ4n) is 1.62. The normalized spacial score (nSPS) is 12.0. The second kappa shape index (κ2) is 10.2. The van der Waals surface area contributed by atoms with Crippen molar-refractivity contribution in [3.05, 3.63) is 24.3 Å². The van der Waals surface area contributed by atoms with Crippen LogP contribution in [0.25, 0.3) is 0 Å². The second-order valence-electron chi connectivity index (χ2n) is 4.56. The van der Waals surface area contributed by atoms with Crippen LogP contribution < -0.4 is 10.7 Å². The van der Waals surface area contributed by atoms with E-state index in [-0.39, 0.29) is 18.0 Å². The maximum Gasteiger partial charge on any atom is 0.328 e. The van der Waals surface area contributed by atoms with Crippen LogP contribution in [0.15, 0.2) is 23.7 Å². The summed E-state index contributed by atoms with van der Waals surface area (Å²) in [4.78, 5) is 31.0. The number of nitrogens with zero attached hydrogens (tertiary/aromatic N) is 3. The Labute approximate surface area is 144 Å². The second-order valence-corrected chi connectivity index (χ2v) is 4.97. The van der Waals surface area contributed by atoms with E-state index in [1.807, 2.05) is 0 Å². The summed E-state index contributed by atoms with van der Waals surface area (Å²) in [6, 6.07) is -0.791. The summed E-state index contributed by atoms with van der Waals surface area (Å²) in [7, 11) is 2.53. The molecule has 1 aromatic heterocycles. The molecule has 1 heterocycles. The highest BCUT2D eigenvalue weighted by Gasteiger charge is 2.21. The molecule has 130 valence electrons. The average molecular weight is 353 g/mol. The zero-order valence-electron chi connectivity index (χ0n) is 13.6. The first-order chi connectivity index (χ1) is 11.5. The molecule has 0 aliphatic carbocycles. The van der Waals surface area contributed by atoms with Crippen molar-refractivity contribution >= 4 is 35.0 Å². The zero-order valence-corrected chi connectivity index (χ0v) is 14.4. The van der Waals surface area contributed by atoms with Gasteiger partial charge in [0.1, 0.15) is 11.7 Å². The number of thiocarbonyl (C=S) groups is 1. The molecule has 0 aliphatic heterocycles. The average Bonchev–Trinajstić information content (AvgIpc) is 2.62. The van der Waals surface area contributed by atoms with Crippen LogP contribution in [0.1, 0.15) is 25.5 Å². The molecule has 10 heteroatoms. The number of esters is 2. The van der Waals surface area contributed by atoms with Gasteiger partial charge in [-0.05, 0) is 25.6 Å². The van der Waals surface area contributed by atoms with Crippen LogP contribution >= 0.6 is 12.2 Å². The zero-order chi connectivity index (χ0) is 17.9. The summed E-state index contributed by atoms with van der Waals surface area (Å²) in [6.07, 6.45) is 4.89. The van der Waals surface area contributed by atoms with Crippen molar-refractivity contribution in [2.45, 2.75) is 25.8 Å². The fraction of sp³-hybridized carbons (Fsp3) is 0.429. The van der Waals surface area contributed by atoms with Gasteiger partial charge in [-0.25, -0.2) is 4.79 Å². The van der Waals surface area contributed by atoms with Gasteiger partial charge < -0.3 is 14.8 Å². The van der Waals surface area contributed by atoms with Crippen molar-refractivity contribution in [2.75, 3.05) is 14.2 Å². The van der Waals surface area contributed by atoms with Crippen LogP contribution in [-0.4, -0.2) is 53.0 Å². The molecule has 0 saturated carbocycles. The predicted octanol–water partition coefficient (Wildman–Crippen LogP) is 0.159. The topological polar surface area (TPSA) is 115 Å². The minimum absolute atomic E-state index is 0.0494. The Morgan fingerprint density at radius 1 is 1.33 bits per heavy atom. The third kappa shape index (κ3) is 6.65. The van der Waals surface area contributed by atoms with Crippen molar-refractivity contribution in [3.8, 4) is 0 Å². The van der Waals surface area contributed by atoms with E-state index < -0.39 is 18.0 Å². The van der Waals surface area contributed by atoms with Crippen molar-refractivity contribution in [3.63, 3.8) is 0 Å². The van der Waals surface area contributed by atoms with Gasteiger partial charge >= 0.3 is 11.9 Å². The van der Waals surface area contributed by atoms with E-state index in [1.165, 1.54) is 14.2 Å². The van der Waals surface area contributed by atoms with E-state index in [9.17, 15) is 9.59 Å². The number of methoxy groups -OCH3 is 2. The molecule has 1 atom stereocenters. The number of hydrazone groups is 1. The molecule has 1 unspecified atom stereocenters. The number of aromatic nitrogens is 2. The molecule has 1 aromatic rings.